The third-order valence-electron chi connectivity index (χ3n) is 14.6. The van der Waals surface area contributed by atoms with Gasteiger partial charge in [-0.15, -0.1) is 11.3 Å². The van der Waals surface area contributed by atoms with E-state index in [0.717, 1.165) is 82.3 Å². The van der Waals surface area contributed by atoms with Gasteiger partial charge in [0, 0.05) is 83.5 Å². The van der Waals surface area contributed by atoms with Crippen LogP contribution in [0.2, 0.25) is 0 Å². The molecule has 78 heavy (non-hydrogen) atoms. The number of nitrogens with one attached hydrogen (secondary N) is 5. The monoisotopic (exact) mass is 1070 g/mol. The molecule has 1 aliphatic heterocycles. The fourth-order valence-corrected chi connectivity index (χ4v) is 10.8. The first-order valence-corrected chi connectivity index (χ1v) is 27.3. The molecule has 3 amide bonds. The van der Waals surface area contributed by atoms with E-state index in [1.807, 2.05) is 93.9 Å². The van der Waals surface area contributed by atoms with Gasteiger partial charge >= 0.3 is 0 Å². The maximum atomic E-state index is 14.7. The average Bonchev–Trinajstić information content (AvgIpc) is 4.11. The van der Waals surface area contributed by atoms with Crippen LogP contribution in [-0.4, -0.2) is 121 Å². The Morgan fingerprint density at radius 1 is 0.885 bits per heavy atom. The molecule has 4 heterocycles. The molecule has 9 rings (SSSR count). The van der Waals surface area contributed by atoms with Crippen molar-refractivity contribution in [3.63, 3.8) is 0 Å². The summed E-state index contributed by atoms with van der Waals surface area (Å²) in [6.07, 6.45) is 0.753. The van der Waals surface area contributed by atoms with Gasteiger partial charge in [-0.25, -0.2) is 9.37 Å². The summed E-state index contributed by atoms with van der Waals surface area (Å²) in [5.74, 6) is -0.453. The number of H-pyrrole nitrogens is 2. The Kier molecular flexibility index (Phi) is 17.4. The molecule has 3 aromatic heterocycles. The predicted octanol–water partition coefficient (Wildman–Crippen LogP) is 9.04. The SMILES string of the molecule is CCN(CCC(=O)NCCN1CCN(c2ccc3nc(-c4c(N)c5c(F)cccc5[nH]c4=O)[nH]c3c2)CC1)OCCC(C)(C)C(=O)Nc1ccsc1-c1cccc(-c2ccc(CN(C)C(C(=O)NC)c3ccccc3)cc2)c1. The standard InChI is InChI=1S/C60H68FN11O5S/c1-6-72(28-24-50(73)64-27-29-70-30-32-71(33-31-70)44-22-23-46-49(37-44)66-56(65-46)52-53(62)51-45(61)16-11-17-47(51)67-57(52)74)77-34-26-60(2,3)59(76)68-48-25-35-78-55(48)43-15-10-14-42(36-43)40-20-18-39(19-21-40)38-69(5)54(58(75)63-4)41-12-8-7-9-13-41/h7-23,25,35-37,54H,6,24,26-34,38H2,1-5H3,(H,63,75)(H,64,73)(H,65,66)(H,68,76)(H3,62,67,74). The van der Waals surface area contributed by atoms with Gasteiger partial charge in [0.2, 0.25) is 17.7 Å². The van der Waals surface area contributed by atoms with E-state index < -0.39 is 22.8 Å². The summed E-state index contributed by atoms with van der Waals surface area (Å²) in [5, 5.41) is 13.0. The largest absolute Gasteiger partial charge is 0.397 e. The van der Waals surface area contributed by atoms with Crippen molar-refractivity contribution in [3.8, 4) is 33.0 Å². The number of piperazine rings is 1. The number of anilines is 3. The Bertz CT molecular complexity index is 3450. The van der Waals surface area contributed by atoms with Crippen molar-refractivity contribution in [2.45, 2.75) is 46.2 Å². The molecular weight excluding hydrogens is 1010 g/mol. The quantitative estimate of drug-likeness (QED) is 0.0354. The van der Waals surface area contributed by atoms with Crippen LogP contribution in [0.1, 0.15) is 50.8 Å². The molecule has 1 atom stereocenters. The number of pyridine rings is 1. The van der Waals surface area contributed by atoms with E-state index >= 15 is 0 Å². The lowest BCUT2D eigenvalue weighted by molar-refractivity contribution is -0.165. The van der Waals surface area contributed by atoms with Gasteiger partial charge in [-0.1, -0.05) is 99.6 Å². The number of carbonyl (C=O) groups excluding carboxylic acids is 3. The minimum absolute atomic E-state index is 0.0375. The van der Waals surface area contributed by atoms with E-state index in [9.17, 15) is 23.6 Å². The molecule has 0 spiro atoms. The molecule has 8 aromatic rings. The van der Waals surface area contributed by atoms with Crippen LogP contribution in [-0.2, 0) is 25.8 Å². The van der Waals surface area contributed by atoms with Gasteiger partial charge in [-0.2, -0.15) is 5.06 Å². The number of likely N-dealkylation sites (N-methyl/N-ethyl adjacent to an activating group) is 2. The maximum Gasteiger partial charge on any atom is 0.261 e. The molecular formula is C60H68FN11O5S. The van der Waals surface area contributed by atoms with Gasteiger partial charge in [0.15, 0.2) is 0 Å². The number of hydrogen-bond acceptors (Lipinski definition) is 12. The average molecular weight is 1070 g/mol. The van der Waals surface area contributed by atoms with Gasteiger partial charge in [-0.3, -0.25) is 33.8 Å². The number of aromatic nitrogens is 3. The highest BCUT2D eigenvalue weighted by Crippen LogP contribution is 2.38. The number of nitrogen functional groups attached to an aromatic ring is 1. The molecule has 5 aromatic carbocycles. The van der Waals surface area contributed by atoms with Crippen molar-refractivity contribution < 1.29 is 23.6 Å². The second-order valence-electron chi connectivity index (χ2n) is 20.3. The summed E-state index contributed by atoms with van der Waals surface area (Å²) in [6, 6.07) is 38.4. The van der Waals surface area contributed by atoms with E-state index in [4.69, 9.17) is 10.6 Å². The van der Waals surface area contributed by atoms with E-state index in [2.05, 4.69) is 88.1 Å². The van der Waals surface area contributed by atoms with Crippen molar-refractivity contribution in [1.82, 2.24) is 40.4 Å². The number of imidazole rings is 1. The fourth-order valence-electron chi connectivity index (χ4n) is 9.96. The second kappa shape index (κ2) is 24.7. The second-order valence-corrected chi connectivity index (χ2v) is 21.3. The first-order valence-electron chi connectivity index (χ1n) is 26.5. The molecule has 0 bridgehead atoms. The topological polar surface area (TPSA) is 197 Å². The molecule has 0 saturated carbocycles. The van der Waals surface area contributed by atoms with Gasteiger partial charge in [0.05, 0.1) is 44.8 Å². The van der Waals surface area contributed by atoms with E-state index in [-0.39, 0.29) is 46.6 Å². The Morgan fingerprint density at radius 2 is 1.64 bits per heavy atom. The van der Waals surface area contributed by atoms with Crippen LogP contribution in [0.4, 0.5) is 21.5 Å². The lowest BCUT2D eigenvalue weighted by Gasteiger charge is -2.36. The number of amides is 3. The number of fused-ring (bicyclic) bond motifs is 2. The summed E-state index contributed by atoms with van der Waals surface area (Å²) in [7, 11) is 3.63. The van der Waals surface area contributed by atoms with Crippen LogP contribution < -0.4 is 32.1 Å². The minimum atomic E-state index is -0.737. The van der Waals surface area contributed by atoms with Crippen molar-refractivity contribution >= 4 is 68.1 Å². The van der Waals surface area contributed by atoms with Crippen LogP contribution in [0.25, 0.3) is 54.9 Å². The molecule has 1 aliphatic rings. The van der Waals surface area contributed by atoms with Crippen molar-refractivity contribution in [2.24, 2.45) is 5.41 Å². The molecule has 18 heteroatoms. The number of nitrogens with two attached hydrogens (primary N) is 1. The van der Waals surface area contributed by atoms with E-state index in [0.29, 0.717) is 50.2 Å². The summed E-state index contributed by atoms with van der Waals surface area (Å²) < 4.78 is 14.7. The number of benzene rings is 5. The zero-order chi connectivity index (χ0) is 54.9. The Morgan fingerprint density at radius 3 is 2.40 bits per heavy atom. The van der Waals surface area contributed by atoms with Crippen molar-refractivity contribution in [1.29, 1.82) is 0 Å². The third kappa shape index (κ3) is 12.8. The predicted molar refractivity (Wildman–Crippen MR) is 310 cm³/mol. The molecule has 0 radical (unpaired) electrons. The minimum Gasteiger partial charge on any atom is -0.397 e. The zero-order valence-electron chi connectivity index (χ0n) is 44.8. The first kappa shape index (κ1) is 55.0. The smallest absolute Gasteiger partial charge is 0.261 e. The van der Waals surface area contributed by atoms with Crippen molar-refractivity contribution in [3.05, 3.63) is 154 Å². The van der Waals surface area contributed by atoms with E-state index in [1.165, 1.54) is 12.1 Å². The molecule has 7 N–H and O–H groups in total. The lowest BCUT2D eigenvalue weighted by atomic mass is 9.88. The number of hydrogen-bond donors (Lipinski definition) is 6. The molecule has 16 nitrogen and oxygen atoms in total. The molecule has 0 aliphatic carbocycles. The number of carbonyl (C=O) groups is 3. The highest BCUT2D eigenvalue weighted by molar-refractivity contribution is 7.14. The van der Waals surface area contributed by atoms with Crippen LogP contribution in [0.5, 0.6) is 0 Å². The van der Waals surface area contributed by atoms with Crippen LogP contribution >= 0.6 is 11.3 Å². The highest BCUT2D eigenvalue weighted by atomic mass is 32.1. The normalized spacial score (nSPS) is 13.6. The Hall–Kier alpha value is -7.74. The van der Waals surface area contributed by atoms with Crippen LogP contribution in [0.15, 0.2) is 132 Å². The Balaban J connectivity index is 0.690. The molecule has 1 unspecified atom stereocenters. The third-order valence-corrected chi connectivity index (χ3v) is 15.5. The molecule has 1 saturated heterocycles. The number of halogens is 1. The molecule has 1 fully saturated rings. The summed E-state index contributed by atoms with van der Waals surface area (Å²) in [5.41, 5.74) is 13.9. The van der Waals surface area contributed by atoms with Gasteiger partial charge in [-0.05, 0) is 89.1 Å². The van der Waals surface area contributed by atoms with Gasteiger partial charge in [0.1, 0.15) is 23.2 Å². The number of nitrogens with zero attached hydrogens (tertiary/aromatic N) is 5. The van der Waals surface area contributed by atoms with Crippen molar-refractivity contribution in [2.75, 3.05) is 89.0 Å². The number of thiophene rings is 1. The lowest BCUT2D eigenvalue weighted by Crippen LogP contribution is -2.48. The summed E-state index contributed by atoms with van der Waals surface area (Å²) >= 11 is 1.58. The van der Waals surface area contributed by atoms with Crippen LogP contribution in [0.3, 0.4) is 0 Å². The Labute approximate surface area is 457 Å². The fraction of sp³-hybridized carbons (Fsp3) is 0.317. The van der Waals surface area contributed by atoms with Crippen LogP contribution in [0, 0.1) is 11.2 Å². The number of aromatic amines is 2. The zero-order valence-corrected chi connectivity index (χ0v) is 45.6. The highest BCUT2D eigenvalue weighted by Gasteiger charge is 2.30. The number of hydroxylamine groups is 2. The summed E-state index contributed by atoms with van der Waals surface area (Å²) in [4.78, 5) is 77.0. The van der Waals surface area contributed by atoms with Gasteiger partial charge < -0.3 is 36.6 Å². The molecule has 406 valence electrons. The first-order chi connectivity index (χ1) is 37.7. The van der Waals surface area contributed by atoms with Gasteiger partial charge in [0.25, 0.3) is 5.56 Å². The summed E-state index contributed by atoms with van der Waals surface area (Å²) in [6.45, 7) is 12.2. The number of rotatable bonds is 22. The maximum absolute atomic E-state index is 14.7. The van der Waals surface area contributed by atoms with E-state index in [1.54, 1.807) is 29.5 Å².